The largest absolute Gasteiger partial charge is 0.505 e. The third-order valence-corrected chi connectivity index (χ3v) is 4.35. The standard InChI is InChI=1S/C21H16F2N4O3/c1-29-17-7-13-15(8-18(17)30-10-12-3-2-6-24-9-12)25-11-26-21(13)27-20-14(22)4-5-16(28)19(20)23/h2-9,11,28H,10H2,1H3,(H,25,26,27). The number of aromatic nitrogens is 3. The number of fused-ring (bicyclic) bond motifs is 1. The number of hydrogen-bond acceptors (Lipinski definition) is 7. The summed E-state index contributed by atoms with van der Waals surface area (Å²) < 4.78 is 39.5. The molecule has 0 spiro atoms. The molecule has 2 N–H and O–H groups in total. The summed E-state index contributed by atoms with van der Waals surface area (Å²) in [5.41, 5.74) is 0.820. The van der Waals surface area contributed by atoms with Crippen molar-refractivity contribution < 1.29 is 23.4 Å². The maximum atomic E-state index is 14.2. The summed E-state index contributed by atoms with van der Waals surface area (Å²) in [5.74, 6) is -1.71. The zero-order valence-electron chi connectivity index (χ0n) is 15.8. The predicted octanol–water partition coefficient (Wildman–Crippen LogP) is 4.34. The van der Waals surface area contributed by atoms with Gasteiger partial charge >= 0.3 is 0 Å². The Hall–Kier alpha value is -4.01. The molecule has 4 rings (SSSR count). The molecule has 2 aromatic heterocycles. The first-order valence-corrected chi connectivity index (χ1v) is 8.85. The van der Waals surface area contributed by atoms with Gasteiger partial charge in [0.1, 0.15) is 30.3 Å². The smallest absolute Gasteiger partial charge is 0.191 e. The lowest BCUT2D eigenvalue weighted by Gasteiger charge is -2.14. The molecule has 0 fully saturated rings. The average molecular weight is 410 g/mol. The molecule has 0 amide bonds. The molecule has 152 valence electrons. The van der Waals surface area contributed by atoms with Crippen LogP contribution in [0.4, 0.5) is 20.3 Å². The summed E-state index contributed by atoms with van der Waals surface area (Å²) >= 11 is 0. The molecule has 2 aromatic carbocycles. The SMILES string of the molecule is COc1cc2c(Nc3c(F)ccc(O)c3F)ncnc2cc1OCc1cccnc1. The van der Waals surface area contributed by atoms with E-state index in [1.54, 1.807) is 30.6 Å². The fourth-order valence-electron chi connectivity index (χ4n) is 2.86. The van der Waals surface area contributed by atoms with Gasteiger partial charge in [-0.15, -0.1) is 0 Å². The molecule has 0 aliphatic carbocycles. The van der Waals surface area contributed by atoms with E-state index in [2.05, 4.69) is 20.3 Å². The van der Waals surface area contributed by atoms with E-state index >= 15 is 0 Å². The molecule has 0 saturated heterocycles. The Morgan fingerprint density at radius 2 is 1.97 bits per heavy atom. The Morgan fingerprint density at radius 1 is 1.10 bits per heavy atom. The van der Waals surface area contributed by atoms with E-state index in [9.17, 15) is 13.9 Å². The van der Waals surface area contributed by atoms with Gasteiger partial charge in [-0.3, -0.25) is 4.98 Å². The lowest BCUT2D eigenvalue weighted by Crippen LogP contribution is -2.02. The summed E-state index contributed by atoms with van der Waals surface area (Å²) in [5, 5.41) is 12.6. The predicted molar refractivity (Wildman–Crippen MR) is 106 cm³/mol. The summed E-state index contributed by atoms with van der Waals surface area (Å²) in [6, 6.07) is 8.82. The normalized spacial score (nSPS) is 10.8. The van der Waals surface area contributed by atoms with Crippen molar-refractivity contribution in [2.24, 2.45) is 0 Å². The van der Waals surface area contributed by atoms with Crippen LogP contribution in [-0.4, -0.2) is 27.2 Å². The first kappa shape index (κ1) is 19.3. The molecule has 4 aromatic rings. The summed E-state index contributed by atoms with van der Waals surface area (Å²) in [7, 11) is 1.48. The monoisotopic (exact) mass is 410 g/mol. The summed E-state index contributed by atoms with van der Waals surface area (Å²) in [6.45, 7) is 0.269. The molecule has 7 nitrogen and oxygen atoms in total. The third-order valence-electron chi connectivity index (χ3n) is 4.35. The molecule has 0 bridgehead atoms. The maximum Gasteiger partial charge on any atom is 0.191 e. The number of ether oxygens (including phenoxy) is 2. The highest BCUT2D eigenvalue weighted by Crippen LogP contribution is 2.36. The van der Waals surface area contributed by atoms with E-state index in [1.807, 2.05) is 6.07 Å². The van der Waals surface area contributed by atoms with Crippen molar-refractivity contribution in [2.75, 3.05) is 12.4 Å². The molecule has 2 heterocycles. The van der Waals surface area contributed by atoms with Gasteiger partial charge in [-0.25, -0.2) is 18.7 Å². The van der Waals surface area contributed by atoms with Crippen LogP contribution in [0.1, 0.15) is 5.56 Å². The van der Waals surface area contributed by atoms with Crippen LogP contribution in [0.2, 0.25) is 0 Å². The van der Waals surface area contributed by atoms with Gasteiger partial charge in [0.25, 0.3) is 0 Å². The van der Waals surface area contributed by atoms with Crippen molar-refractivity contribution in [1.82, 2.24) is 15.0 Å². The van der Waals surface area contributed by atoms with Gasteiger partial charge in [0.2, 0.25) is 0 Å². The van der Waals surface area contributed by atoms with E-state index in [-0.39, 0.29) is 12.4 Å². The molecular formula is C21H16F2N4O3. The van der Waals surface area contributed by atoms with Gasteiger partial charge in [-0.05, 0) is 24.3 Å². The van der Waals surface area contributed by atoms with Crippen LogP contribution < -0.4 is 14.8 Å². The number of pyridine rings is 1. The molecule has 0 aliphatic heterocycles. The minimum atomic E-state index is -1.12. The van der Waals surface area contributed by atoms with Crippen LogP contribution in [0.15, 0.2) is 55.1 Å². The number of phenols is 1. The van der Waals surface area contributed by atoms with Crippen LogP contribution in [0.3, 0.4) is 0 Å². The van der Waals surface area contributed by atoms with E-state index in [0.29, 0.717) is 22.4 Å². The van der Waals surface area contributed by atoms with E-state index in [1.165, 1.54) is 13.4 Å². The summed E-state index contributed by atoms with van der Waals surface area (Å²) in [6.07, 6.45) is 4.61. The number of halogens is 2. The highest BCUT2D eigenvalue weighted by molar-refractivity contribution is 5.93. The lowest BCUT2D eigenvalue weighted by molar-refractivity contribution is 0.284. The topological polar surface area (TPSA) is 89.4 Å². The van der Waals surface area contributed by atoms with Crippen molar-refractivity contribution in [2.45, 2.75) is 6.61 Å². The lowest BCUT2D eigenvalue weighted by atomic mass is 10.2. The second-order valence-electron chi connectivity index (χ2n) is 6.27. The zero-order chi connectivity index (χ0) is 21.1. The van der Waals surface area contributed by atoms with Crippen LogP contribution in [0.5, 0.6) is 17.2 Å². The molecule has 0 aliphatic rings. The number of nitrogens with one attached hydrogen (secondary N) is 1. The van der Waals surface area contributed by atoms with Crippen molar-refractivity contribution in [3.63, 3.8) is 0 Å². The molecule has 0 radical (unpaired) electrons. The van der Waals surface area contributed by atoms with Gasteiger partial charge < -0.3 is 19.9 Å². The quantitative estimate of drug-likeness (QED) is 0.489. The Kier molecular flexibility index (Phi) is 5.25. The Morgan fingerprint density at radius 3 is 2.73 bits per heavy atom. The first-order valence-electron chi connectivity index (χ1n) is 8.85. The Bertz CT molecular complexity index is 1210. The van der Waals surface area contributed by atoms with Gasteiger partial charge in [0.15, 0.2) is 23.1 Å². The Labute approximate surface area is 170 Å². The number of hydrogen-bond donors (Lipinski definition) is 2. The number of methoxy groups -OCH3 is 1. The molecule has 30 heavy (non-hydrogen) atoms. The summed E-state index contributed by atoms with van der Waals surface area (Å²) in [4.78, 5) is 12.3. The first-order chi connectivity index (χ1) is 14.6. The maximum absolute atomic E-state index is 14.2. The highest BCUT2D eigenvalue weighted by atomic mass is 19.1. The van der Waals surface area contributed by atoms with Crippen LogP contribution in [0, 0.1) is 11.6 Å². The molecule has 0 atom stereocenters. The number of anilines is 2. The van der Waals surface area contributed by atoms with Crippen LogP contribution in [0.25, 0.3) is 10.9 Å². The van der Waals surface area contributed by atoms with Crippen LogP contribution in [-0.2, 0) is 6.61 Å². The zero-order valence-corrected chi connectivity index (χ0v) is 15.8. The molecule has 0 saturated carbocycles. The second kappa shape index (κ2) is 8.16. The van der Waals surface area contributed by atoms with Gasteiger partial charge in [-0.2, -0.15) is 0 Å². The van der Waals surface area contributed by atoms with Gasteiger partial charge in [-0.1, -0.05) is 6.07 Å². The highest BCUT2D eigenvalue weighted by Gasteiger charge is 2.17. The number of benzene rings is 2. The number of phenolic OH excluding ortho intramolecular Hbond substituents is 1. The van der Waals surface area contributed by atoms with E-state index in [4.69, 9.17) is 9.47 Å². The van der Waals surface area contributed by atoms with Crippen molar-refractivity contribution in [1.29, 1.82) is 0 Å². The minimum Gasteiger partial charge on any atom is -0.505 e. The van der Waals surface area contributed by atoms with Crippen LogP contribution >= 0.6 is 0 Å². The second-order valence-corrected chi connectivity index (χ2v) is 6.27. The van der Waals surface area contributed by atoms with Crippen molar-refractivity contribution in [3.05, 3.63) is 72.3 Å². The third kappa shape index (κ3) is 3.77. The number of nitrogens with zero attached hydrogens (tertiary/aromatic N) is 3. The van der Waals surface area contributed by atoms with E-state index in [0.717, 1.165) is 17.7 Å². The van der Waals surface area contributed by atoms with E-state index < -0.39 is 23.1 Å². The Balaban J connectivity index is 1.71. The fourth-order valence-corrected chi connectivity index (χ4v) is 2.86. The molecule has 9 heteroatoms. The number of aromatic hydroxyl groups is 1. The van der Waals surface area contributed by atoms with Crippen molar-refractivity contribution in [3.8, 4) is 17.2 Å². The van der Waals surface area contributed by atoms with Crippen molar-refractivity contribution >= 4 is 22.4 Å². The molecule has 0 unspecified atom stereocenters. The molecular weight excluding hydrogens is 394 g/mol. The fraction of sp³-hybridized carbons (Fsp3) is 0.0952. The average Bonchev–Trinajstić information content (AvgIpc) is 2.78. The van der Waals surface area contributed by atoms with Gasteiger partial charge in [0, 0.05) is 29.4 Å². The minimum absolute atomic E-state index is 0.139. The number of rotatable bonds is 6. The van der Waals surface area contributed by atoms with Gasteiger partial charge in [0.05, 0.1) is 12.6 Å².